The highest BCUT2D eigenvalue weighted by atomic mass is 32.1. The van der Waals surface area contributed by atoms with E-state index in [2.05, 4.69) is 14.7 Å². The lowest BCUT2D eigenvalue weighted by atomic mass is 10.2. The van der Waals surface area contributed by atoms with Crippen LogP contribution in [0.2, 0.25) is 0 Å². The van der Waals surface area contributed by atoms with Crippen molar-refractivity contribution in [3.8, 4) is 10.4 Å². The largest absolute Gasteiger partial charge is 0.373 e. The number of pyridine rings is 1. The monoisotopic (exact) mass is 234 g/mol. The molecular formula is C10H10N4OS. The minimum atomic E-state index is -0.539. The Kier molecular flexibility index (Phi) is 2.82. The Hall–Kier alpha value is -1.95. The Bertz CT molecular complexity index is 510. The lowest BCUT2D eigenvalue weighted by molar-refractivity contribution is 0.0996. The summed E-state index contributed by atoms with van der Waals surface area (Å²) in [6, 6.07) is 5.39. The van der Waals surface area contributed by atoms with Crippen molar-refractivity contribution in [3.05, 3.63) is 30.1 Å². The number of amides is 1. The maximum Gasteiger partial charge on any atom is 0.267 e. The number of anilines is 1. The molecule has 2 heterocycles. The Morgan fingerprint density at radius 3 is 2.88 bits per heavy atom. The zero-order chi connectivity index (χ0) is 11.5. The molecule has 0 bridgehead atoms. The Morgan fingerprint density at radius 1 is 1.50 bits per heavy atom. The van der Waals surface area contributed by atoms with Gasteiger partial charge in [0.2, 0.25) is 0 Å². The van der Waals surface area contributed by atoms with E-state index in [1.54, 1.807) is 19.3 Å². The van der Waals surface area contributed by atoms with E-state index in [0.29, 0.717) is 5.82 Å². The number of nitrogens with one attached hydrogen (secondary N) is 1. The fourth-order valence-electron chi connectivity index (χ4n) is 1.29. The topological polar surface area (TPSA) is 80.9 Å². The predicted octanol–water partition coefficient (Wildman–Crippen LogP) is 1.35. The van der Waals surface area contributed by atoms with Crippen molar-refractivity contribution in [1.82, 2.24) is 9.36 Å². The molecule has 2 rings (SSSR count). The molecule has 0 spiro atoms. The van der Waals surface area contributed by atoms with Crippen LogP contribution in [0.25, 0.3) is 10.4 Å². The van der Waals surface area contributed by atoms with Crippen LogP contribution in [0.1, 0.15) is 10.5 Å². The van der Waals surface area contributed by atoms with E-state index >= 15 is 0 Å². The number of primary amides is 1. The molecule has 0 aliphatic rings. The molecule has 3 N–H and O–H groups in total. The van der Waals surface area contributed by atoms with E-state index in [1.807, 2.05) is 12.1 Å². The molecule has 1 amide bonds. The van der Waals surface area contributed by atoms with Gasteiger partial charge in [0, 0.05) is 13.2 Å². The second-order valence-corrected chi connectivity index (χ2v) is 3.95. The van der Waals surface area contributed by atoms with Crippen LogP contribution in [0.3, 0.4) is 0 Å². The van der Waals surface area contributed by atoms with Crippen LogP contribution in [-0.4, -0.2) is 22.3 Å². The summed E-state index contributed by atoms with van der Waals surface area (Å²) in [6.45, 7) is 0. The van der Waals surface area contributed by atoms with Crippen LogP contribution < -0.4 is 11.1 Å². The van der Waals surface area contributed by atoms with E-state index in [-0.39, 0.29) is 5.69 Å². The summed E-state index contributed by atoms with van der Waals surface area (Å²) in [5, 5.41) is 2.89. The summed E-state index contributed by atoms with van der Waals surface area (Å²) < 4.78 is 4.01. The standard InChI is InChI=1S/C10H10N4OS/c1-12-9-5-6(8-2-3-13-16-8)4-7(14-9)10(11)15/h2-5H,1H3,(H2,11,15)(H,12,14). The van der Waals surface area contributed by atoms with Gasteiger partial charge < -0.3 is 11.1 Å². The zero-order valence-corrected chi connectivity index (χ0v) is 9.41. The van der Waals surface area contributed by atoms with E-state index in [0.717, 1.165) is 10.4 Å². The molecule has 0 saturated heterocycles. The third kappa shape index (κ3) is 2.01. The summed E-state index contributed by atoms with van der Waals surface area (Å²) in [6.07, 6.45) is 1.71. The van der Waals surface area contributed by atoms with E-state index < -0.39 is 5.91 Å². The van der Waals surface area contributed by atoms with Crippen LogP contribution in [-0.2, 0) is 0 Å². The van der Waals surface area contributed by atoms with Crippen molar-refractivity contribution in [2.75, 3.05) is 12.4 Å². The molecule has 0 radical (unpaired) electrons. The van der Waals surface area contributed by atoms with E-state index in [9.17, 15) is 4.79 Å². The number of nitrogens with two attached hydrogens (primary N) is 1. The number of aromatic nitrogens is 2. The fourth-order valence-corrected chi connectivity index (χ4v) is 1.87. The average Bonchev–Trinajstić information content (AvgIpc) is 2.81. The fraction of sp³-hybridized carbons (Fsp3) is 0.100. The van der Waals surface area contributed by atoms with Gasteiger partial charge in [-0.1, -0.05) is 0 Å². The molecule has 0 unspecified atom stereocenters. The van der Waals surface area contributed by atoms with Gasteiger partial charge in [0.25, 0.3) is 5.91 Å². The predicted molar refractivity (Wildman–Crippen MR) is 63.4 cm³/mol. The first-order chi connectivity index (χ1) is 7.70. The van der Waals surface area contributed by atoms with E-state index in [4.69, 9.17) is 5.73 Å². The van der Waals surface area contributed by atoms with Gasteiger partial charge in [-0.15, -0.1) is 0 Å². The first-order valence-electron chi connectivity index (χ1n) is 4.61. The van der Waals surface area contributed by atoms with Crippen molar-refractivity contribution >= 4 is 23.3 Å². The summed E-state index contributed by atoms with van der Waals surface area (Å²) in [5.41, 5.74) is 6.35. The number of carbonyl (C=O) groups is 1. The number of hydrogen-bond acceptors (Lipinski definition) is 5. The summed E-state index contributed by atoms with van der Waals surface area (Å²) in [7, 11) is 1.74. The van der Waals surface area contributed by atoms with Gasteiger partial charge >= 0.3 is 0 Å². The van der Waals surface area contributed by atoms with Crippen molar-refractivity contribution in [1.29, 1.82) is 0 Å². The van der Waals surface area contributed by atoms with Gasteiger partial charge in [0.05, 0.1) is 4.88 Å². The third-order valence-corrected chi connectivity index (χ3v) is 2.85. The molecule has 5 nitrogen and oxygen atoms in total. The molecular weight excluding hydrogens is 224 g/mol. The molecule has 0 fully saturated rings. The van der Waals surface area contributed by atoms with Crippen LogP contribution in [0.5, 0.6) is 0 Å². The molecule has 6 heteroatoms. The van der Waals surface area contributed by atoms with Crippen LogP contribution in [0.4, 0.5) is 5.82 Å². The van der Waals surface area contributed by atoms with Gasteiger partial charge in [0.1, 0.15) is 11.5 Å². The zero-order valence-electron chi connectivity index (χ0n) is 8.60. The molecule has 0 atom stereocenters. The number of nitrogens with zero attached hydrogens (tertiary/aromatic N) is 2. The normalized spacial score (nSPS) is 10.1. The quantitative estimate of drug-likeness (QED) is 0.839. The average molecular weight is 234 g/mol. The first-order valence-corrected chi connectivity index (χ1v) is 5.39. The van der Waals surface area contributed by atoms with Crippen molar-refractivity contribution < 1.29 is 4.79 Å². The third-order valence-electron chi connectivity index (χ3n) is 2.06. The molecule has 0 aliphatic heterocycles. The number of rotatable bonds is 3. The van der Waals surface area contributed by atoms with E-state index in [1.165, 1.54) is 11.5 Å². The Morgan fingerprint density at radius 2 is 2.31 bits per heavy atom. The molecule has 0 saturated carbocycles. The lowest BCUT2D eigenvalue weighted by Gasteiger charge is -2.04. The second-order valence-electron chi connectivity index (χ2n) is 3.12. The van der Waals surface area contributed by atoms with Gasteiger partial charge in [-0.2, -0.15) is 0 Å². The summed E-state index contributed by atoms with van der Waals surface area (Å²) in [4.78, 5) is 16.1. The van der Waals surface area contributed by atoms with Crippen LogP contribution in [0.15, 0.2) is 24.4 Å². The van der Waals surface area contributed by atoms with Gasteiger partial charge in [-0.3, -0.25) is 4.79 Å². The number of hydrogen-bond donors (Lipinski definition) is 2. The maximum absolute atomic E-state index is 11.1. The van der Waals surface area contributed by atoms with Gasteiger partial charge in [-0.05, 0) is 35.3 Å². The van der Waals surface area contributed by atoms with Crippen molar-refractivity contribution in [3.63, 3.8) is 0 Å². The maximum atomic E-state index is 11.1. The molecule has 0 aliphatic carbocycles. The lowest BCUT2D eigenvalue weighted by Crippen LogP contribution is -2.13. The highest BCUT2D eigenvalue weighted by Gasteiger charge is 2.08. The first kappa shape index (κ1) is 10.6. The molecule has 0 aromatic carbocycles. The minimum Gasteiger partial charge on any atom is -0.373 e. The highest BCUT2D eigenvalue weighted by molar-refractivity contribution is 7.09. The highest BCUT2D eigenvalue weighted by Crippen LogP contribution is 2.25. The Labute approximate surface area is 96.5 Å². The SMILES string of the molecule is CNc1cc(-c2ccns2)cc(C(N)=O)n1. The molecule has 2 aromatic rings. The Balaban J connectivity index is 2.53. The minimum absolute atomic E-state index is 0.246. The number of carbonyl (C=O) groups excluding carboxylic acids is 1. The molecule has 2 aromatic heterocycles. The summed E-state index contributed by atoms with van der Waals surface area (Å²) >= 11 is 1.36. The van der Waals surface area contributed by atoms with Crippen molar-refractivity contribution in [2.45, 2.75) is 0 Å². The second kappa shape index (κ2) is 4.28. The molecule has 16 heavy (non-hydrogen) atoms. The van der Waals surface area contributed by atoms with Crippen LogP contribution >= 0.6 is 11.5 Å². The summed E-state index contributed by atoms with van der Waals surface area (Å²) in [5.74, 6) is 0.0718. The van der Waals surface area contributed by atoms with Crippen molar-refractivity contribution in [2.24, 2.45) is 5.73 Å². The van der Waals surface area contributed by atoms with Gasteiger partial charge in [-0.25, -0.2) is 9.36 Å². The smallest absolute Gasteiger partial charge is 0.267 e. The van der Waals surface area contributed by atoms with Gasteiger partial charge in [0.15, 0.2) is 0 Å². The molecule has 82 valence electrons. The van der Waals surface area contributed by atoms with Crippen LogP contribution in [0, 0.1) is 0 Å².